The molecule has 0 bridgehead atoms. The Balaban J connectivity index is 1.04. The third kappa shape index (κ3) is 5.79. The average molecular weight is 723 g/mol. The zero-order chi connectivity index (χ0) is 36.7. The summed E-state index contributed by atoms with van der Waals surface area (Å²) in [6, 6.07) is 59.9. The van der Waals surface area contributed by atoms with Crippen LogP contribution in [-0.2, 0) is 0 Å². The van der Waals surface area contributed by atoms with Crippen LogP contribution in [0.15, 0.2) is 195 Å². The van der Waals surface area contributed by atoms with Crippen molar-refractivity contribution in [2.24, 2.45) is 0 Å². The lowest BCUT2D eigenvalue weighted by Crippen LogP contribution is -1.94. The zero-order valence-corrected chi connectivity index (χ0v) is 30.7. The molecule has 0 atom stereocenters. The van der Waals surface area contributed by atoms with Gasteiger partial charge in [-0.05, 0) is 76.9 Å². The van der Waals surface area contributed by atoms with E-state index in [4.69, 9.17) is 10.2 Å². The fourth-order valence-corrected chi connectivity index (χ4v) is 8.59. The highest BCUT2D eigenvalue weighted by Gasteiger charge is 2.19. The number of aromatic nitrogens is 4. The lowest BCUT2D eigenvalue weighted by molar-refractivity contribution is 1.10. The molecule has 3 heterocycles. The molecule has 10 aromatic rings. The molecule has 0 saturated carbocycles. The summed E-state index contributed by atoms with van der Waals surface area (Å²) in [5.41, 5.74) is 12.3. The van der Waals surface area contributed by atoms with Crippen molar-refractivity contribution in [3.8, 4) is 38.0 Å². The largest absolute Gasteiger partial charge is 0.315 e. The normalized spacial score (nSPS) is 11.9. The van der Waals surface area contributed by atoms with E-state index in [0.29, 0.717) is 0 Å². The lowest BCUT2D eigenvalue weighted by atomic mass is 10.1. The highest BCUT2D eigenvalue weighted by Crippen LogP contribution is 2.40. The minimum atomic E-state index is 0.881. The first-order valence-corrected chi connectivity index (χ1v) is 19.2. The van der Waals surface area contributed by atoms with Crippen molar-refractivity contribution < 1.29 is 0 Å². The molecule has 0 spiro atoms. The molecule has 0 fully saturated rings. The van der Waals surface area contributed by atoms with Gasteiger partial charge in [0.25, 0.3) is 0 Å². The maximum Gasteiger partial charge on any atom is 0.150 e. The van der Waals surface area contributed by atoms with E-state index in [1.165, 1.54) is 38.2 Å². The molecule has 4 nitrogen and oxygen atoms in total. The van der Waals surface area contributed by atoms with Gasteiger partial charge in [0, 0.05) is 44.6 Å². The van der Waals surface area contributed by atoms with Gasteiger partial charge in [0.15, 0.2) is 0 Å². The highest BCUT2D eigenvalue weighted by molar-refractivity contribution is 7.18. The summed E-state index contributed by atoms with van der Waals surface area (Å²) in [6.07, 6.45) is 8.30. The second-order valence-corrected chi connectivity index (χ2v) is 14.6. The summed E-state index contributed by atoms with van der Waals surface area (Å²) in [4.78, 5) is 0. The van der Waals surface area contributed by atoms with E-state index in [2.05, 4.69) is 186 Å². The number of fused-ring (bicyclic) bond motifs is 6. The Morgan fingerprint density at radius 1 is 0.509 bits per heavy atom. The van der Waals surface area contributed by atoms with Crippen LogP contribution in [0.4, 0.5) is 0 Å². The molecule has 0 aliphatic carbocycles. The molecule has 0 aliphatic heterocycles. The summed E-state index contributed by atoms with van der Waals surface area (Å²) >= 11 is 1.63. The van der Waals surface area contributed by atoms with Gasteiger partial charge in [-0.3, -0.25) is 0 Å². The predicted molar refractivity (Wildman–Crippen MR) is 234 cm³/mol. The molecular weight excluding hydrogens is 689 g/mol. The van der Waals surface area contributed by atoms with Gasteiger partial charge in [0.05, 0.1) is 22.1 Å². The summed E-state index contributed by atoms with van der Waals surface area (Å²) in [5.74, 6) is 0. The van der Waals surface area contributed by atoms with Gasteiger partial charge in [-0.2, -0.15) is 0 Å². The van der Waals surface area contributed by atoms with Crippen LogP contribution in [0.25, 0.3) is 93.3 Å². The molecule has 55 heavy (non-hydrogen) atoms. The van der Waals surface area contributed by atoms with E-state index >= 15 is 0 Å². The van der Waals surface area contributed by atoms with Crippen LogP contribution in [-0.4, -0.2) is 19.3 Å². The Morgan fingerprint density at radius 3 is 2.00 bits per heavy atom. The van der Waals surface area contributed by atoms with Crippen molar-refractivity contribution >= 4 is 66.7 Å². The minimum absolute atomic E-state index is 0.881. The monoisotopic (exact) mass is 722 g/mol. The Labute approximate surface area is 322 Å². The van der Waals surface area contributed by atoms with E-state index in [9.17, 15) is 0 Å². The average Bonchev–Trinajstić information content (AvgIpc) is 3.96. The van der Waals surface area contributed by atoms with Crippen LogP contribution >= 0.6 is 11.3 Å². The first-order valence-electron chi connectivity index (χ1n) is 18.4. The van der Waals surface area contributed by atoms with Crippen molar-refractivity contribution in [2.75, 3.05) is 0 Å². The number of benzene rings is 7. The Morgan fingerprint density at radius 2 is 1.16 bits per heavy atom. The van der Waals surface area contributed by atoms with Crippen LogP contribution in [0, 0.1) is 0 Å². The van der Waals surface area contributed by atoms with Gasteiger partial charge in [0.1, 0.15) is 10.0 Å². The number of allylic oxidation sites excluding steroid dienone is 4. The van der Waals surface area contributed by atoms with Crippen LogP contribution in [0.2, 0.25) is 0 Å². The molecule has 3 aromatic heterocycles. The van der Waals surface area contributed by atoms with Crippen molar-refractivity contribution in [3.63, 3.8) is 0 Å². The first kappa shape index (κ1) is 32.6. The maximum absolute atomic E-state index is 4.81. The van der Waals surface area contributed by atoms with Crippen LogP contribution < -0.4 is 0 Å². The van der Waals surface area contributed by atoms with E-state index < -0.39 is 0 Å². The van der Waals surface area contributed by atoms with Gasteiger partial charge < -0.3 is 9.13 Å². The van der Waals surface area contributed by atoms with E-state index in [-0.39, 0.29) is 0 Å². The molecule has 0 saturated heterocycles. The zero-order valence-electron chi connectivity index (χ0n) is 29.9. The second kappa shape index (κ2) is 13.7. The fraction of sp³-hybridized carbons (Fsp3) is 0. The smallest absolute Gasteiger partial charge is 0.150 e. The van der Waals surface area contributed by atoms with Gasteiger partial charge in [-0.1, -0.05) is 151 Å². The van der Waals surface area contributed by atoms with Crippen LogP contribution in [0.1, 0.15) is 5.56 Å². The number of para-hydroxylation sites is 3. The molecular formula is C50H34N4S. The number of rotatable bonds is 8. The summed E-state index contributed by atoms with van der Waals surface area (Å²) in [5, 5.41) is 16.1. The SMILES string of the molecule is C=C(/C=C\C=C\n1c2ccccc2c2cccc(-c3nnc(-c4ccc5c(c4)c4ccccc4n5-c4cccc(-c5ccccc5)c4)s3)c21)c1ccccc1. The fourth-order valence-electron chi connectivity index (χ4n) is 7.72. The molecule has 0 aliphatic rings. The Kier molecular flexibility index (Phi) is 8.12. The van der Waals surface area contributed by atoms with Crippen molar-refractivity contribution in [1.29, 1.82) is 0 Å². The van der Waals surface area contributed by atoms with Crippen LogP contribution in [0.5, 0.6) is 0 Å². The molecule has 260 valence electrons. The minimum Gasteiger partial charge on any atom is -0.315 e. The van der Waals surface area contributed by atoms with Gasteiger partial charge in [-0.25, -0.2) is 0 Å². The molecule has 7 aromatic carbocycles. The molecule has 0 N–H and O–H groups in total. The van der Waals surface area contributed by atoms with Gasteiger partial charge in [-0.15, -0.1) is 10.2 Å². The quantitative estimate of drug-likeness (QED) is 0.146. The first-order chi connectivity index (χ1) is 27.2. The van der Waals surface area contributed by atoms with E-state index in [1.807, 2.05) is 24.3 Å². The third-order valence-electron chi connectivity index (χ3n) is 10.3. The maximum atomic E-state index is 4.81. The molecule has 0 amide bonds. The predicted octanol–water partition coefficient (Wildman–Crippen LogP) is 13.5. The van der Waals surface area contributed by atoms with Crippen molar-refractivity contribution in [3.05, 3.63) is 200 Å². The standard InChI is InChI=1S/C50H34N4S/c1-34(35-17-4-2-5-18-35)16-12-13-31-53-45-27-10-8-23-40(45)42-25-15-26-43(48(42)53)50-52-51-49(55-50)38-29-30-47-44(33-38)41-24-9-11-28-46(41)54(47)39-22-14-21-37(32-39)36-19-6-3-7-20-36/h2-33H,1H2/b16-12-,31-13+. The van der Waals surface area contributed by atoms with Crippen molar-refractivity contribution in [2.45, 2.75) is 0 Å². The van der Waals surface area contributed by atoms with E-state index in [1.54, 1.807) is 11.3 Å². The Hall–Kier alpha value is -7.08. The third-order valence-corrected chi connectivity index (χ3v) is 11.3. The number of hydrogen-bond acceptors (Lipinski definition) is 3. The summed E-state index contributed by atoms with van der Waals surface area (Å²) in [6.45, 7) is 4.26. The summed E-state index contributed by atoms with van der Waals surface area (Å²) in [7, 11) is 0. The van der Waals surface area contributed by atoms with Gasteiger partial charge >= 0.3 is 0 Å². The van der Waals surface area contributed by atoms with Crippen LogP contribution in [0.3, 0.4) is 0 Å². The second-order valence-electron chi connectivity index (χ2n) is 13.6. The summed E-state index contributed by atoms with van der Waals surface area (Å²) < 4.78 is 4.64. The topological polar surface area (TPSA) is 35.6 Å². The van der Waals surface area contributed by atoms with Gasteiger partial charge in [0.2, 0.25) is 0 Å². The molecule has 0 unspecified atom stereocenters. The molecule has 10 rings (SSSR count). The molecule has 5 heteroatoms. The van der Waals surface area contributed by atoms with Crippen molar-refractivity contribution in [1.82, 2.24) is 19.3 Å². The molecule has 0 radical (unpaired) electrons. The number of hydrogen-bond donors (Lipinski definition) is 0. The van der Waals surface area contributed by atoms with E-state index in [0.717, 1.165) is 54.5 Å². The Bertz CT molecular complexity index is 3110. The number of nitrogens with zero attached hydrogens (tertiary/aromatic N) is 4. The lowest BCUT2D eigenvalue weighted by Gasteiger charge is -2.10. The highest BCUT2D eigenvalue weighted by atomic mass is 32.1.